The highest BCUT2D eigenvalue weighted by molar-refractivity contribution is 6.40. The Morgan fingerprint density at radius 3 is 2.32 bits per heavy atom. The maximum absolute atomic E-state index is 12.3. The van der Waals surface area contributed by atoms with Gasteiger partial charge in [-0.05, 0) is 53.8 Å². The summed E-state index contributed by atoms with van der Waals surface area (Å²) in [5.74, 6) is -1.43. The first-order valence-electron chi connectivity index (χ1n) is 11.7. The van der Waals surface area contributed by atoms with Crippen molar-refractivity contribution in [3.05, 3.63) is 108 Å². The number of carbonyl (C=O) groups is 3. The van der Waals surface area contributed by atoms with Gasteiger partial charge in [-0.2, -0.15) is 5.10 Å². The van der Waals surface area contributed by atoms with Gasteiger partial charge in [-0.1, -0.05) is 66.7 Å². The van der Waals surface area contributed by atoms with Crippen molar-refractivity contribution in [2.75, 3.05) is 11.9 Å². The molecule has 0 spiro atoms. The fraction of sp³-hybridized carbons (Fsp3) is 0.103. The minimum Gasteiger partial charge on any atom is -0.484 e. The van der Waals surface area contributed by atoms with Gasteiger partial charge in [0.05, 0.1) is 12.3 Å². The molecule has 8 heteroatoms. The molecule has 0 saturated heterocycles. The molecule has 0 radical (unpaired) electrons. The standard InChI is InChI=1S/C29H26N4O4/c1-20(22-8-3-2-4-9-22)31-27(34)19-37-24-16-14-21(15-17-24)18-30-33-29(36)28(35)32-26-13-7-11-23-10-5-6-12-25(23)26/h2-18,20H,19H2,1H3,(H,31,34)(H,32,35)(H,33,36)/b30-18-/t20-/m1/s1. The summed E-state index contributed by atoms with van der Waals surface area (Å²) in [5.41, 5.74) is 4.44. The molecule has 3 N–H and O–H groups in total. The average molecular weight is 495 g/mol. The summed E-state index contributed by atoms with van der Waals surface area (Å²) in [7, 11) is 0. The minimum atomic E-state index is -0.889. The molecule has 4 aromatic rings. The first kappa shape index (κ1) is 25.1. The van der Waals surface area contributed by atoms with Crippen LogP contribution in [-0.2, 0) is 14.4 Å². The number of nitrogens with one attached hydrogen (secondary N) is 3. The highest BCUT2D eigenvalue weighted by Crippen LogP contribution is 2.22. The van der Waals surface area contributed by atoms with Crippen LogP contribution in [0.3, 0.4) is 0 Å². The fourth-order valence-electron chi connectivity index (χ4n) is 3.64. The predicted octanol–water partition coefficient (Wildman–Crippen LogP) is 4.18. The first-order valence-corrected chi connectivity index (χ1v) is 11.7. The lowest BCUT2D eigenvalue weighted by Gasteiger charge is -2.14. The Hall–Kier alpha value is -4.98. The number of rotatable bonds is 8. The highest BCUT2D eigenvalue weighted by Gasteiger charge is 2.14. The van der Waals surface area contributed by atoms with E-state index in [4.69, 9.17) is 4.74 Å². The number of benzene rings is 4. The summed E-state index contributed by atoms with van der Waals surface area (Å²) in [6, 6.07) is 29.4. The summed E-state index contributed by atoms with van der Waals surface area (Å²) in [5, 5.41) is 11.1. The van der Waals surface area contributed by atoms with Gasteiger partial charge < -0.3 is 15.4 Å². The SMILES string of the molecule is C[C@@H](NC(=O)COc1ccc(/C=N\NC(=O)C(=O)Nc2cccc3ccccc23)cc1)c1ccccc1. The fourth-order valence-corrected chi connectivity index (χ4v) is 3.64. The minimum absolute atomic E-state index is 0.119. The summed E-state index contributed by atoms with van der Waals surface area (Å²) < 4.78 is 5.54. The Labute approximate surface area is 214 Å². The molecule has 0 aliphatic rings. The van der Waals surface area contributed by atoms with Crippen LogP contribution in [0, 0.1) is 0 Å². The monoisotopic (exact) mass is 494 g/mol. The third-order valence-electron chi connectivity index (χ3n) is 5.55. The number of amides is 3. The van der Waals surface area contributed by atoms with Crippen LogP contribution >= 0.6 is 0 Å². The molecular weight excluding hydrogens is 468 g/mol. The lowest BCUT2D eigenvalue weighted by molar-refractivity contribution is -0.136. The Morgan fingerprint density at radius 2 is 1.54 bits per heavy atom. The number of hydrazone groups is 1. The zero-order chi connectivity index (χ0) is 26.0. The van der Waals surface area contributed by atoms with E-state index in [1.165, 1.54) is 6.21 Å². The van der Waals surface area contributed by atoms with E-state index in [1.54, 1.807) is 36.4 Å². The number of fused-ring (bicyclic) bond motifs is 1. The molecule has 3 amide bonds. The quantitative estimate of drug-likeness (QED) is 0.194. The van der Waals surface area contributed by atoms with Gasteiger partial charge in [0.25, 0.3) is 5.91 Å². The molecule has 8 nitrogen and oxygen atoms in total. The van der Waals surface area contributed by atoms with Gasteiger partial charge >= 0.3 is 11.8 Å². The Kier molecular flexibility index (Phi) is 8.23. The van der Waals surface area contributed by atoms with Crippen molar-refractivity contribution in [3.8, 4) is 5.75 Å². The molecule has 1 atom stereocenters. The zero-order valence-corrected chi connectivity index (χ0v) is 20.2. The van der Waals surface area contributed by atoms with Gasteiger partial charge in [-0.3, -0.25) is 14.4 Å². The lowest BCUT2D eigenvalue weighted by Crippen LogP contribution is -2.32. The van der Waals surface area contributed by atoms with E-state index in [0.717, 1.165) is 16.3 Å². The van der Waals surface area contributed by atoms with Gasteiger partial charge in [0.1, 0.15) is 5.75 Å². The topological polar surface area (TPSA) is 109 Å². The van der Waals surface area contributed by atoms with Crippen LogP contribution in [0.15, 0.2) is 102 Å². The molecule has 186 valence electrons. The van der Waals surface area contributed by atoms with Crippen molar-refractivity contribution in [1.29, 1.82) is 0 Å². The van der Waals surface area contributed by atoms with E-state index in [-0.39, 0.29) is 18.6 Å². The maximum atomic E-state index is 12.3. The number of ether oxygens (including phenoxy) is 1. The number of carbonyl (C=O) groups excluding carboxylic acids is 3. The van der Waals surface area contributed by atoms with E-state index in [9.17, 15) is 14.4 Å². The third-order valence-corrected chi connectivity index (χ3v) is 5.55. The van der Waals surface area contributed by atoms with E-state index in [1.807, 2.05) is 67.6 Å². The molecule has 37 heavy (non-hydrogen) atoms. The predicted molar refractivity (Wildman–Crippen MR) is 143 cm³/mol. The second kappa shape index (κ2) is 12.1. The van der Waals surface area contributed by atoms with Gasteiger partial charge in [-0.15, -0.1) is 0 Å². The van der Waals surface area contributed by atoms with Gasteiger partial charge in [0.2, 0.25) is 0 Å². The highest BCUT2D eigenvalue weighted by atomic mass is 16.5. The molecule has 0 fully saturated rings. The molecule has 0 aromatic heterocycles. The average Bonchev–Trinajstić information content (AvgIpc) is 2.93. The largest absolute Gasteiger partial charge is 0.484 e. The second-order valence-electron chi connectivity index (χ2n) is 8.24. The number of anilines is 1. The van der Waals surface area contributed by atoms with Gasteiger partial charge in [0, 0.05) is 11.1 Å². The number of nitrogens with zero attached hydrogens (tertiary/aromatic N) is 1. The van der Waals surface area contributed by atoms with Crippen molar-refractivity contribution in [2.45, 2.75) is 13.0 Å². The zero-order valence-electron chi connectivity index (χ0n) is 20.2. The van der Waals surface area contributed by atoms with Crippen molar-refractivity contribution >= 4 is 40.4 Å². The van der Waals surface area contributed by atoms with Crippen molar-refractivity contribution in [1.82, 2.24) is 10.7 Å². The van der Waals surface area contributed by atoms with Crippen LogP contribution in [0.4, 0.5) is 5.69 Å². The molecule has 0 aliphatic heterocycles. The van der Waals surface area contributed by atoms with E-state index >= 15 is 0 Å². The van der Waals surface area contributed by atoms with Crippen LogP contribution in [0.25, 0.3) is 10.8 Å². The lowest BCUT2D eigenvalue weighted by atomic mass is 10.1. The van der Waals surface area contributed by atoms with E-state index in [0.29, 0.717) is 17.0 Å². The van der Waals surface area contributed by atoms with Crippen molar-refractivity contribution in [2.24, 2.45) is 5.10 Å². The molecular formula is C29H26N4O4. The van der Waals surface area contributed by atoms with Crippen molar-refractivity contribution < 1.29 is 19.1 Å². The van der Waals surface area contributed by atoms with Crippen molar-refractivity contribution in [3.63, 3.8) is 0 Å². The second-order valence-corrected chi connectivity index (χ2v) is 8.24. The molecule has 0 saturated carbocycles. The molecule has 0 heterocycles. The van der Waals surface area contributed by atoms with Crippen LogP contribution in [0.1, 0.15) is 24.1 Å². The Balaban J connectivity index is 1.23. The van der Waals surface area contributed by atoms with Gasteiger partial charge in [0.15, 0.2) is 6.61 Å². The molecule has 4 aromatic carbocycles. The van der Waals surface area contributed by atoms with E-state index < -0.39 is 11.8 Å². The molecule has 0 aliphatic carbocycles. The van der Waals surface area contributed by atoms with Crippen LogP contribution in [-0.4, -0.2) is 30.5 Å². The normalized spacial score (nSPS) is 11.6. The van der Waals surface area contributed by atoms with E-state index in [2.05, 4.69) is 21.2 Å². The molecule has 0 unspecified atom stereocenters. The number of hydrogen-bond acceptors (Lipinski definition) is 5. The molecule has 0 bridgehead atoms. The summed E-state index contributed by atoms with van der Waals surface area (Å²) in [6.45, 7) is 1.79. The summed E-state index contributed by atoms with van der Waals surface area (Å²) >= 11 is 0. The summed E-state index contributed by atoms with van der Waals surface area (Å²) in [4.78, 5) is 36.6. The van der Waals surface area contributed by atoms with Gasteiger partial charge in [-0.25, -0.2) is 5.43 Å². The summed E-state index contributed by atoms with van der Waals surface area (Å²) in [6.07, 6.45) is 1.40. The third kappa shape index (κ3) is 7.02. The Morgan fingerprint density at radius 1 is 0.838 bits per heavy atom. The molecule has 4 rings (SSSR count). The van der Waals surface area contributed by atoms with Crippen LogP contribution in [0.2, 0.25) is 0 Å². The maximum Gasteiger partial charge on any atom is 0.329 e. The smallest absolute Gasteiger partial charge is 0.329 e. The van der Waals surface area contributed by atoms with Crippen LogP contribution < -0.4 is 20.8 Å². The van der Waals surface area contributed by atoms with Crippen LogP contribution in [0.5, 0.6) is 5.75 Å². The number of hydrogen-bond donors (Lipinski definition) is 3. The Bertz CT molecular complexity index is 1410. The first-order chi connectivity index (χ1) is 18.0.